The van der Waals surface area contributed by atoms with Crippen LogP contribution in [0.2, 0.25) is 0 Å². The van der Waals surface area contributed by atoms with Gasteiger partial charge in [-0.15, -0.1) is 0 Å². The monoisotopic (exact) mass is 140 g/mol. The van der Waals surface area contributed by atoms with E-state index in [2.05, 4.69) is 17.2 Å². The number of hydrogen-bond donors (Lipinski definition) is 1. The molecule has 58 valence electrons. The third-order valence-electron chi connectivity index (χ3n) is 1.16. The lowest BCUT2D eigenvalue weighted by Gasteiger charge is -2.07. The number of aliphatic imine (C=N–C) groups is 1. The first-order valence-electron chi connectivity index (χ1n) is 3.86. The van der Waals surface area contributed by atoms with Crippen LogP contribution in [0.5, 0.6) is 0 Å². The summed E-state index contributed by atoms with van der Waals surface area (Å²) >= 11 is 0. The van der Waals surface area contributed by atoms with Gasteiger partial charge in [-0.2, -0.15) is 0 Å². The van der Waals surface area contributed by atoms with Gasteiger partial charge in [0.2, 0.25) is 0 Å². The van der Waals surface area contributed by atoms with Gasteiger partial charge in [0, 0.05) is 11.9 Å². The van der Waals surface area contributed by atoms with Gasteiger partial charge in [-0.25, -0.2) is 0 Å². The van der Waals surface area contributed by atoms with Crippen LogP contribution in [0.3, 0.4) is 0 Å². The normalized spacial score (nSPS) is 14.5. The van der Waals surface area contributed by atoms with Gasteiger partial charge >= 0.3 is 0 Å². The van der Waals surface area contributed by atoms with Gasteiger partial charge in [-0.05, 0) is 12.5 Å². The highest BCUT2D eigenvalue weighted by molar-refractivity contribution is 5.72. The number of nitrogens with zero attached hydrogens (tertiary/aromatic N) is 1. The lowest BCUT2D eigenvalue weighted by Crippen LogP contribution is -2.15. The molecule has 1 rings (SSSR count). The van der Waals surface area contributed by atoms with Crippen molar-refractivity contribution < 1.29 is 0 Å². The van der Waals surface area contributed by atoms with E-state index in [4.69, 9.17) is 0 Å². The zero-order valence-electron chi connectivity index (χ0n) is 7.02. The van der Waals surface area contributed by atoms with Gasteiger partial charge in [0.15, 0.2) is 0 Å². The van der Waals surface area contributed by atoms with E-state index >= 15 is 0 Å². The van der Waals surface area contributed by atoms with E-state index < -0.39 is 0 Å². The van der Waals surface area contributed by atoms with E-state index in [-0.39, 0.29) is 0 Å². The molecule has 0 aromatic rings. The molecule has 0 aromatic heterocycles. The van der Waals surface area contributed by atoms with Crippen LogP contribution in [-0.4, -0.2) is 12.9 Å². The number of rotatable bonds is 1. The molecule has 0 aliphatic carbocycles. The molecule has 10 heavy (non-hydrogen) atoms. The van der Waals surface area contributed by atoms with E-state index in [9.17, 15) is 0 Å². The topological polar surface area (TPSA) is 24.4 Å². The van der Waals surface area contributed by atoms with Crippen LogP contribution in [0, 0.1) is 0 Å². The van der Waals surface area contributed by atoms with Crippen molar-refractivity contribution in [3.63, 3.8) is 0 Å². The smallest absolute Gasteiger partial charge is 0.107 e. The first-order valence-corrected chi connectivity index (χ1v) is 3.86. The van der Waals surface area contributed by atoms with Gasteiger partial charge in [0.05, 0.1) is 0 Å². The van der Waals surface area contributed by atoms with E-state index in [0.717, 1.165) is 13.1 Å². The molecule has 0 radical (unpaired) electrons. The largest absolute Gasteiger partial charge is 0.370 e. The average molecular weight is 140 g/mol. The van der Waals surface area contributed by atoms with E-state index in [0.29, 0.717) is 0 Å². The van der Waals surface area contributed by atoms with Crippen molar-refractivity contribution in [3.8, 4) is 0 Å². The summed E-state index contributed by atoms with van der Waals surface area (Å²) in [6, 6.07) is 0. The maximum Gasteiger partial charge on any atom is 0.107 e. The Labute approximate surface area is 63.0 Å². The first kappa shape index (κ1) is 9.21. The Morgan fingerprint density at radius 3 is 2.60 bits per heavy atom. The molecule has 0 unspecified atom stereocenters. The van der Waals surface area contributed by atoms with Crippen LogP contribution in [0.4, 0.5) is 0 Å². The maximum absolute atomic E-state index is 3.96. The fourth-order valence-corrected chi connectivity index (χ4v) is 0.644. The standard InChI is InChI=1S/C6H10N2.C2H6/c1-2-6-3-4-7-5-8-6;1-2/h3-4,8H,2,5H2,1H3;1-2H3. The summed E-state index contributed by atoms with van der Waals surface area (Å²) in [5, 5.41) is 3.13. The summed E-state index contributed by atoms with van der Waals surface area (Å²) in [7, 11) is 0. The van der Waals surface area contributed by atoms with E-state index in [1.807, 2.05) is 26.1 Å². The minimum atomic E-state index is 0.750. The predicted molar refractivity (Wildman–Crippen MR) is 46.2 cm³/mol. The maximum atomic E-state index is 3.96. The zero-order valence-corrected chi connectivity index (χ0v) is 7.02. The predicted octanol–water partition coefficient (Wildman–Crippen LogP) is 1.94. The fraction of sp³-hybridized carbons (Fsp3) is 0.625. The summed E-state index contributed by atoms with van der Waals surface area (Å²) in [5.41, 5.74) is 1.28. The Kier molecular flexibility index (Phi) is 5.83. The summed E-state index contributed by atoms with van der Waals surface area (Å²) < 4.78 is 0. The highest BCUT2D eigenvalue weighted by Gasteiger charge is 1.91. The van der Waals surface area contributed by atoms with Crippen LogP contribution >= 0.6 is 0 Å². The van der Waals surface area contributed by atoms with Crippen molar-refractivity contribution in [1.29, 1.82) is 0 Å². The third-order valence-corrected chi connectivity index (χ3v) is 1.16. The van der Waals surface area contributed by atoms with Crippen LogP contribution < -0.4 is 5.32 Å². The Morgan fingerprint density at radius 2 is 2.30 bits per heavy atom. The SMILES string of the molecule is CC.CCC1=CC=NCN1. The molecule has 0 saturated carbocycles. The Balaban J connectivity index is 0.000000371. The summed E-state index contributed by atoms with van der Waals surface area (Å²) in [4.78, 5) is 3.96. The molecule has 1 aliphatic rings. The van der Waals surface area contributed by atoms with Crippen molar-refractivity contribution >= 4 is 6.21 Å². The van der Waals surface area contributed by atoms with Gasteiger partial charge in [-0.1, -0.05) is 20.8 Å². The number of hydrogen-bond acceptors (Lipinski definition) is 2. The van der Waals surface area contributed by atoms with Crippen LogP contribution in [0.1, 0.15) is 27.2 Å². The van der Waals surface area contributed by atoms with Crippen molar-refractivity contribution in [3.05, 3.63) is 11.8 Å². The zero-order chi connectivity index (χ0) is 7.82. The molecule has 0 saturated heterocycles. The summed E-state index contributed by atoms with van der Waals surface area (Å²) in [6.07, 6.45) is 4.92. The lowest BCUT2D eigenvalue weighted by atomic mass is 10.3. The quantitative estimate of drug-likeness (QED) is 0.591. The van der Waals surface area contributed by atoms with Crippen LogP contribution in [0.25, 0.3) is 0 Å². The Morgan fingerprint density at radius 1 is 1.60 bits per heavy atom. The minimum absolute atomic E-state index is 0.750. The number of allylic oxidation sites excluding steroid dienone is 2. The molecule has 0 atom stereocenters. The molecule has 0 amide bonds. The fourth-order valence-electron chi connectivity index (χ4n) is 0.644. The van der Waals surface area contributed by atoms with E-state index in [1.54, 1.807) is 0 Å². The summed E-state index contributed by atoms with van der Waals surface area (Å²) in [5.74, 6) is 0. The molecule has 0 fully saturated rings. The second-order valence-electron chi connectivity index (χ2n) is 1.71. The average Bonchev–Trinajstić information content (AvgIpc) is 2.10. The molecule has 2 heteroatoms. The molecule has 0 spiro atoms. The molecule has 2 nitrogen and oxygen atoms in total. The second-order valence-corrected chi connectivity index (χ2v) is 1.71. The molecule has 1 heterocycles. The number of nitrogens with one attached hydrogen (secondary N) is 1. The molecular weight excluding hydrogens is 124 g/mol. The lowest BCUT2D eigenvalue weighted by molar-refractivity contribution is 0.781. The van der Waals surface area contributed by atoms with Crippen molar-refractivity contribution in [2.75, 3.05) is 6.67 Å². The van der Waals surface area contributed by atoms with Gasteiger partial charge in [0.25, 0.3) is 0 Å². The van der Waals surface area contributed by atoms with Crippen molar-refractivity contribution in [1.82, 2.24) is 5.32 Å². The highest BCUT2D eigenvalue weighted by atomic mass is 15.0. The van der Waals surface area contributed by atoms with Crippen LogP contribution in [0.15, 0.2) is 16.8 Å². The van der Waals surface area contributed by atoms with Crippen molar-refractivity contribution in [2.45, 2.75) is 27.2 Å². The molecule has 1 N–H and O–H groups in total. The Bertz CT molecular complexity index is 125. The Hall–Kier alpha value is -0.790. The molecule has 0 bridgehead atoms. The molecule has 0 aromatic carbocycles. The minimum Gasteiger partial charge on any atom is -0.370 e. The highest BCUT2D eigenvalue weighted by Crippen LogP contribution is 1.95. The third kappa shape index (κ3) is 3.28. The van der Waals surface area contributed by atoms with Gasteiger partial charge in [-0.3, -0.25) is 4.99 Å². The summed E-state index contributed by atoms with van der Waals surface area (Å²) in [6.45, 7) is 6.87. The van der Waals surface area contributed by atoms with Crippen molar-refractivity contribution in [2.24, 2.45) is 4.99 Å². The molecule has 1 aliphatic heterocycles. The van der Waals surface area contributed by atoms with E-state index in [1.165, 1.54) is 5.70 Å². The molecular formula is C8H16N2. The second kappa shape index (κ2) is 6.33. The van der Waals surface area contributed by atoms with Gasteiger partial charge < -0.3 is 5.32 Å². The van der Waals surface area contributed by atoms with Gasteiger partial charge in [0.1, 0.15) is 6.67 Å². The first-order chi connectivity index (χ1) is 4.93. The van der Waals surface area contributed by atoms with Crippen LogP contribution in [-0.2, 0) is 0 Å².